The van der Waals surface area contributed by atoms with Gasteiger partial charge in [-0.25, -0.2) is 4.39 Å². The summed E-state index contributed by atoms with van der Waals surface area (Å²) in [5, 5.41) is 13.3. The molecule has 23 heavy (non-hydrogen) atoms. The zero-order valence-electron chi connectivity index (χ0n) is 11.9. The maximum atomic E-state index is 12.9. The molecule has 0 aliphatic carbocycles. The van der Waals surface area contributed by atoms with Crippen molar-refractivity contribution in [1.82, 2.24) is 0 Å². The normalized spacial score (nSPS) is 13.1. The highest BCUT2D eigenvalue weighted by atomic mass is 35.5. The van der Waals surface area contributed by atoms with E-state index in [0.29, 0.717) is 32.9 Å². The molecule has 1 aliphatic heterocycles. The second-order valence-electron chi connectivity index (χ2n) is 4.99. The van der Waals surface area contributed by atoms with Crippen molar-refractivity contribution in [3.63, 3.8) is 0 Å². The first-order valence-corrected chi connectivity index (χ1v) is 8.61. The Morgan fingerprint density at radius 1 is 1.35 bits per heavy atom. The third kappa shape index (κ3) is 3.87. The van der Waals surface area contributed by atoms with Crippen LogP contribution < -0.4 is 10.8 Å². The Morgan fingerprint density at radius 3 is 2.83 bits per heavy atom. The number of benzene rings is 2. The van der Waals surface area contributed by atoms with Crippen LogP contribution in [0.3, 0.4) is 0 Å². The van der Waals surface area contributed by atoms with Gasteiger partial charge < -0.3 is 15.0 Å². The Kier molecular flexibility index (Phi) is 5.23. The minimum atomic E-state index is -1.00. The molecule has 2 N–H and O–H groups in total. The zero-order chi connectivity index (χ0) is 16.4. The van der Waals surface area contributed by atoms with Crippen LogP contribution in [0.4, 0.5) is 10.1 Å². The molecule has 0 fully saturated rings. The van der Waals surface area contributed by atoms with Gasteiger partial charge in [0.1, 0.15) is 10.1 Å². The van der Waals surface area contributed by atoms with Crippen LogP contribution in [0.15, 0.2) is 36.4 Å². The van der Waals surface area contributed by atoms with Crippen molar-refractivity contribution in [3.8, 4) is 0 Å². The number of halogens is 2. The molecule has 2 aromatic carbocycles. The van der Waals surface area contributed by atoms with Gasteiger partial charge in [-0.3, -0.25) is 0 Å². The molecule has 2 aromatic rings. The van der Waals surface area contributed by atoms with Crippen molar-refractivity contribution < 1.29 is 14.1 Å². The molecule has 1 heterocycles. The minimum absolute atomic E-state index is 0.259. The van der Waals surface area contributed by atoms with Crippen molar-refractivity contribution in [2.24, 2.45) is 0 Å². The lowest BCUT2D eigenvalue weighted by Gasteiger charge is -2.12. The van der Waals surface area contributed by atoms with E-state index in [4.69, 9.17) is 28.5 Å². The molecular weight excluding hydrogens is 356 g/mol. The molecular formula is C15H12BClFNO2S2. The van der Waals surface area contributed by atoms with E-state index < -0.39 is 7.12 Å². The predicted molar refractivity (Wildman–Crippen MR) is 97.8 cm³/mol. The molecule has 0 bridgehead atoms. The molecule has 118 valence electrons. The highest BCUT2D eigenvalue weighted by molar-refractivity contribution is 8.22. The SMILES string of the molecule is OB1OCc2ccc(NC(=S)SCc3ccc(F)cc3)c(Cl)c21. The van der Waals surface area contributed by atoms with E-state index in [2.05, 4.69) is 5.32 Å². The fraction of sp³-hybridized carbons (Fsp3) is 0.133. The summed E-state index contributed by atoms with van der Waals surface area (Å²) < 4.78 is 18.6. The first-order chi connectivity index (χ1) is 11.0. The number of anilines is 1. The first-order valence-electron chi connectivity index (χ1n) is 6.84. The Bertz CT molecular complexity index is 745. The van der Waals surface area contributed by atoms with Crippen molar-refractivity contribution >= 4 is 58.2 Å². The fourth-order valence-corrected chi connectivity index (χ4v) is 3.53. The van der Waals surface area contributed by atoms with Crippen molar-refractivity contribution in [2.75, 3.05) is 5.32 Å². The second kappa shape index (κ2) is 7.19. The number of thiocarbonyl (C=S) groups is 1. The quantitative estimate of drug-likeness (QED) is 0.643. The first kappa shape index (κ1) is 16.7. The maximum Gasteiger partial charge on any atom is 0.493 e. The van der Waals surface area contributed by atoms with Gasteiger partial charge >= 0.3 is 7.12 Å². The van der Waals surface area contributed by atoms with Crippen LogP contribution in [-0.2, 0) is 17.0 Å². The highest BCUT2D eigenvalue weighted by Crippen LogP contribution is 2.26. The molecule has 8 heteroatoms. The Morgan fingerprint density at radius 2 is 2.09 bits per heavy atom. The number of thioether (sulfide) groups is 1. The molecule has 0 atom stereocenters. The third-order valence-corrected chi connectivity index (χ3v) is 5.14. The molecule has 0 saturated carbocycles. The lowest BCUT2D eigenvalue weighted by molar-refractivity contribution is 0.275. The van der Waals surface area contributed by atoms with Crippen LogP contribution in [0.5, 0.6) is 0 Å². The molecule has 0 radical (unpaired) electrons. The van der Waals surface area contributed by atoms with E-state index in [1.54, 1.807) is 12.1 Å². The van der Waals surface area contributed by atoms with E-state index in [0.717, 1.165) is 11.1 Å². The van der Waals surface area contributed by atoms with Crippen molar-refractivity contribution in [2.45, 2.75) is 12.4 Å². The van der Waals surface area contributed by atoms with Crippen LogP contribution in [-0.4, -0.2) is 16.5 Å². The van der Waals surface area contributed by atoms with E-state index in [1.807, 2.05) is 12.1 Å². The van der Waals surface area contributed by atoms with Crippen LogP contribution in [0.25, 0.3) is 0 Å². The Hall–Kier alpha value is -1.12. The number of hydrogen-bond donors (Lipinski definition) is 2. The van der Waals surface area contributed by atoms with Gasteiger partial charge in [-0.2, -0.15) is 0 Å². The molecule has 0 aromatic heterocycles. The van der Waals surface area contributed by atoms with Crippen LogP contribution in [0, 0.1) is 5.82 Å². The Labute approximate surface area is 148 Å². The summed E-state index contributed by atoms with van der Waals surface area (Å²) in [5.41, 5.74) is 3.07. The molecule has 3 rings (SSSR count). The monoisotopic (exact) mass is 367 g/mol. The predicted octanol–water partition coefficient (Wildman–Crippen LogP) is 3.33. The van der Waals surface area contributed by atoms with E-state index in [1.165, 1.54) is 23.9 Å². The Balaban J connectivity index is 1.64. The van der Waals surface area contributed by atoms with Gasteiger partial charge in [0.05, 0.1) is 17.3 Å². The van der Waals surface area contributed by atoms with E-state index in [9.17, 15) is 9.41 Å². The topological polar surface area (TPSA) is 41.5 Å². The van der Waals surface area contributed by atoms with Gasteiger partial charge in [-0.15, -0.1) is 0 Å². The lowest BCUT2D eigenvalue weighted by atomic mass is 9.79. The minimum Gasteiger partial charge on any atom is -0.423 e. The highest BCUT2D eigenvalue weighted by Gasteiger charge is 2.31. The summed E-state index contributed by atoms with van der Waals surface area (Å²) in [6.07, 6.45) is 0. The van der Waals surface area contributed by atoms with Crippen LogP contribution in [0.1, 0.15) is 11.1 Å². The van der Waals surface area contributed by atoms with Crippen molar-refractivity contribution in [1.29, 1.82) is 0 Å². The van der Waals surface area contributed by atoms with E-state index >= 15 is 0 Å². The molecule has 0 spiro atoms. The molecule has 0 amide bonds. The molecule has 3 nitrogen and oxygen atoms in total. The summed E-state index contributed by atoms with van der Waals surface area (Å²) in [6.45, 7) is 0.347. The van der Waals surface area contributed by atoms with Crippen LogP contribution in [0.2, 0.25) is 5.02 Å². The fourth-order valence-electron chi connectivity index (χ4n) is 2.25. The van der Waals surface area contributed by atoms with Gasteiger partial charge in [0.25, 0.3) is 0 Å². The van der Waals surface area contributed by atoms with Gasteiger partial charge in [0.2, 0.25) is 0 Å². The molecule has 0 saturated heterocycles. The molecule has 0 unspecified atom stereocenters. The van der Waals surface area contributed by atoms with Gasteiger partial charge in [0.15, 0.2) is 0 Å². The van der Waals surface area contributed by atoms with Crippen LogP contribution >= 0.6 is 35.6 Å². The van der Waals surface area contributed by atoms with E-state index in [-0.39, 0.29) is 5.82 Å². The lowest BCUT2D eigenvalue weighted by Crippen LogP contribution is -2.29. The summed E-state index contributed by atoms with van der Waals surface area (Å²) in [5.74, 6) is 0.366. The number of nitrogens with one attached hydrogen (secondary N) is 1. The summed E-state index contributed by atoms with van der Waals surface area (Å²) in [7, 11) is -1.00. The average Bonchev–Trinajstić information content (AvgIpc) is 2.91. The summed E-state index contributed by atoms with van der Waals surface area (Å²) >= 11 is 13.0. The average molecular weight is 368 g/mol. The van der Waals surface area contributed by atoms with Gasteiger partial charge in [-0.05, 0) is 29.3 Å². The number of hydrogen-bond acceptors (Lipinski definition) is 4. The zero-order valence-corrected chi connectivity index (χ0v) is 14.3. The summed E-state index contributed by atoms with van der Waals surface area (Å²) in [4.78, 5) is 0. The number of rotatable bonds is 3. The largest absolute Gasteiger partial charge is 0.493 e. The smallest absolute Gasteiger partial charge is 0.423 e. The van der Waals surface area contributed by atoms with Gasteiger partial charge in [0, 0.05) is 11.2 Å². The standard InChI is InChI=1S/C15H12BClFNO2S2/c17-14-12(6-3-10-7-21-16(20)13(10)14)19-15(22)23-8-9-1-4-11(18)5-2-9/h1-6,20H,7-8H2,(H,19,22). The molecule has 1 aliphatic rings. The van der Waals surface area contributed by atoms with Crippen molar-refractivity contribution in [3.05, 3.63) is 58.4 Å². The van der Waals surface area contributed by atoms with Gasteiger partial charge in [-0.1, -0.05) is 53.8 Å². The third-order valence-electron chi connectivity index (χ3n) is 3.43. The summed E-state index contributed by atoms with van der Waals surface area (Å²) in [6, 6.07) is 9.96. The second-order valence-corrected chi connectivity index (χ2v) is 7.02. The maximum absolute atomic E-state index is 12.9. The number of fused-ring (bicyclic) bond motifs is 1.